The summed E-state index contributed by atoms with van der Waals surface area (Å²) in [5.74, 6) is -0.334. The van der Waals surface area contributed by atoms with Gasteiger partial charge in [0.1, 0.15) is 46.0 Å². The molecule has 21 nitrogen and oxygen atoms in total. The summed E-state index contributed by atoms with van der Waals surface area (Å²) in [5.41, 5.74) is 12.8. The van der Waals surface area contributed by atoms with Crippen molar-refractivity contribution < 1.29 is 69.5 Å². The van der Waals surface area contributed by atoms with Crippen LogP contribution in [0, 0.1) is 65.1 Å². The number of benzene rings is 6. The Balaban J connectivity index is 0.000000141. The molecule has 0 radical (unpaired) electrons. The van der Waals surface area contributed by atoms with Crippen LogP contribution >= 0.6 is 15.9 Å². The summed E-state index contributed by atoms with van der Waals surface area (Å²) in [6, 6.07) is 30.8. The molecular formula is C74H77B2BrF4N10O11. The molecule has 4 N–H and O–H groups in total. The minimum Gasteiger partial charge on any atom is -0.484 e. The fourth-order valence-electron chi connectivity index (χ4n) is 12.9. The number of nitrogens with two attached hydrogens (primary N) is 2. The monoisotopic (exact) mass is 1460 g/mol. The minimum atomic E-state index is -1.25. The predicted molar refractivity (Wildman–Crippen MR) is 379 cm³/mol. The Kier molecular flexibility index (Phi) is 23.7. The quantitative estimate of drug-likeness (QED) is 0.0952. The van der Waals surface area contributed by atoms with Gasteiger partial charge in [0.05, 0.1) is 44.6 Å². The van der Waals surface area contributed by atoms with Gasteiger partial charge < -0.3 is 53.8 Å². The van der Waals surface area contributed by atoms with Crippen molar-refractivity contribution in [3.8, 4) is 28.7 Å². The maximum Gasteiger partial charge on any atom is 0.495 e. The van der Waals surface area contributed by atoms with E-state index in [-0.39, 0.29) is 45.9 Å². The van der Waals surface area contributed by atoms with Crippen LogP contribution in [0.3, 0.4) is 0 Å². The molecule has 9 aliphatic rings. The second-order valence-corrected chi connectivity index (χ2v) is 28.5. The van der Waals surface area contributed by atoms with E-state index >= 15 is 0 Å². The lowest BCUT2D eigenvalue weighted by atomic mass is 9.74. The van der Waals surface area contributed by atoms with Crippen LogP contribution in [0.1, 0.15) is 95.8 Å². The van der Waals surface area contributed by atoms with E-state index in [4.69, 9.17) is 78.7 Å². The summed E-state index contributed by atoms with van der Waals surface area (Å²) in [6.45, 7) is 35.4. The molecule has 9 heterocycles. The molecule has 0 aliphatic carbocycles. The van der Waals surface area contributed by atoms with Gasteiger partial charge in [-0.2, -0.15) is 5.26 Å². The molecule has 4 atom stereocenters. The van der Waals surface area contributed by atoms with Gasteiger partial charge in [0, 0.05) is 123 Å². The minimum absolute atomic E-state index is 0.0512. The zero-order chi connectivity index (χ0) is 73.2. The highest BCUT2D eigenvalue weighted by atomic mass is 79.9. The van der Waals surface area contributed by atoms with Crippen molar-refractivity contribution in [2.45, 2.75) is 101 Å². The van der Waals surface area contributed by atoms with E-state index in [1.54, 1.807) is 32.3 Å². The summed E-state index contributed by atoms with van der Waals surface area (Å²) in [4.78, 5) is 48.3. The Morgan fingerprint density at radius 3 is 1.35 bits per heavy atom. The van der Waals surface area contributed by atoms with E-state index in [1.165, 1.54) is 102 Å². The highest BCUT2D eigenvalue weighted by Crippen LogP contribution is 2.54. The Morgan fingerprint density at radius 1 is 0.539 bits per heavy atom. The van der Waals surface area contributed by atoms with E-state index < -0.39 is 54.0 Å². The van der Waals surface area contributed by atoms with Crippen LogP contribution in [0.15, 0.2) is 130 Å². The second-order valence-electron chi connectivity index (χ2n) is 27.6. The van der Waals surface area contributed by atoms with Crippen LogP contribution in [0.25, 0.3) is 25.7 Å². The average molecular weight is 1460 g/mol. The molecule has 4 unspecified atom stereocenters. The van der Waals surface area contributed by atoms with Crippen molar-refractivity contribution in [3.63, 3.8) is 0 Å². The van der Waals surface area contributed by atoms with Crippen LogP contribution in [-0.4, -0.2) is 139 Å². The molecule has 15 rings (SSSR count). The van der Waals surface area contributed by atoms with Crippen molar-refractivity contribution in [2.24, 2.45) is 32.3 Å². The lowest BCUT2D eigenvalue weighted by molar-refractivity contribution is -0.139. The second kappa shape index (κ2) is 32.0. The molecule has 2 amide bonds. The maximum atomic E-state index is 14.6. The number of nitrogens with zero attached hydrogens (tertiary/aromatic N) is 8. The zero-order valence-electron chi connectivity index (χ0n) is 57.5. The number of rotatable bonds is 3. The number of nitriles is 1. The number of hydrogen-bond acceptors (Lipinski definition) is 16. The number of guanidine groups is 2. The number of halogens is 5. The zero-order valence-corrected chi connectivity index (χ0v) is 59.1. The van der Waals surface area contributed by atoms with Crippen molar-refractivity contribution in [3.05, 3.63) is 194 Å². The van der Waals surface area contributed by atoms with Crippen LogP contribution in [-0.2, 0) is 53.5 Å². The SMILES string of the molecule is C1CCOC1.CN1C(=O)C2(CC3(CCCOC3)Oc3ccc(Br)cc32)N=C1N.N#Cc1ccc(F)cc1.[C-]#[N+]c1ccc(F)c(-c2ccc3c(c2)C2(CC4(CCCOC4)O3)N=C(N)N(C)C2=O)c1.[C-]#[N+]c1ccc(F)c(B2OCC(C)(C)CO2)c1.[C-]#[N+]c1ccc(F)c(B2OCC(C)(C)CO2)c1. The van der Waals surface area contributed by atoms with Crippen LogP contribution in [0.4, 0.5) is 34.6 Å². The van der Waals surface area contributed by atoms with Crippen LogP contribution in [0.5, 0.6) is 11.5 Å². The molecule has 28 heteroatoms. The van der Waals surface area contributed by atoms with E-state index in [1.807, 2.05) is 52.0 Å². The third-order valence-electron chi connectivity index (χ3n) is 18.2. The fraction of sp³-hybridized carbons (Fsp3) is 0.405. The number of ether oxygens (including phenoxy) is 5. The lowest BCUT2D eigenvalue weighted by Gasteiger charge is -2.46. The van der Waals surface area contributed by atoms with Crippen molar-refractivity contribution in [1.82, 2.24) is 9.80 Å². The highest BCUT2D eigenvalue weighted by Gasteiger charge is 2.60. The molecule has 6 aromatic carbocycles. The summed E-state index contributed by atoms with van der Waals surface area (Å²) < 4.78 is 106. The molecule has 102 heavy (non-hydrogen) atoms. The van der Waals surface area contributed by atoms with Crippen molar-refractivity contribution >= 4 is 81.9 Å². The summed E-state index contributed by atoms with van der Waals surface area (Å²) >= 11 is 3.47. The number of carbonyl (C=O) groups excluding carboxylic acids is 2. The van der Waals surface area contributed by atoms with E-state index in [2.05, 4.69) is 40.4 Å². The number of fused-ring (bicyclic) bond motifs is 4. The standard InChI is InChI=1S/C23H21FN4O3.C16H18BrN3O3.2C12H13BFNO2.C7H4FN.C4H8O/c1-26-15-5-6-18(24)16(11-15)14-4-7-19-17(10-14)23(20(29)28(2)21(25)27-23)12-22(31-19)8-3-9-30-13-22;1-20-13(21)16(19-14(20)18)8-15(5-2-6-22-9-15)23-12-4-3-10(17)7-11(12)16;2*1-12(2)7-16-13(17-8-12)10-6-9(15-3)4-5-11(10)14;8-7-3-1-6(5-9)2-4-7;1-2-4-5-3-1/h4-7,10-11H,3,8-9,12-13H2,2H3,(H2,25,27);3-4,7H,2,5-6,8-9H2,1H3,(H2,18,19);2*4-6H,7-8H2,1-2H3;1-4H;1-4H2. The number of amides is 2. The van der Waals surface area contributed by atoms with Gasteiger partial charge in [0.15, 0.2) is 40.1 Å². The summed E-state index contributed by atoms with van der Waals surface area (Å²) in [5, 5.41) is 8.26. The van der Waals surface area contributed by atoms with Gasteiger partial charge in [0.25, 0.3) is 11.8 Å². The first kappa shape index (κ1) is 75.5. The van der Waals surface area contributed by atoms with Crippen LogP contribution in [0.2, 0.25) is 0 Å². The van der Waals surface area contributed by atoms with Gasteiger partial charge in [-0.3, -0.25) is 19.4 Å². The van der Waals surface area contributed by atoms with Gasteiger partial charge in [-0.05, 0) is 123 Å². The van der Waals surface area contributed by atoms with Gasteiger partial charge in [-0.25, -0.2) is 42.1 Å². The summed E-state index contributed by atoms with van der Waals surface area (Å²) in [7, 11) is 1.85. The Labute approximate surface area is 599 Å². The molecule has 530 valence electrons. The number of hydrogen-bond donors (Lipinski definition) is 2. The predicted octanol–water partition coefficient (Wildman–Crippen LogP) is 11.9. The van der Waals surface area contributed by atoms with Gasteiger partial charge in [-0.1, -0.05) is 80.0 Å². The van der Waals surface area contributed by atoms with Gasteiger partial charge in [0.2, 0.25) is 0 Å². The first-order valence-electron chi connectivity index (χ1n) is 33.2. The molecule has 0 aromatic heterocycles. The first-order chi connectivity index (χ1) is 48.7. The van der Waals surface area contributed by atoms with Crippen LogP contribution < -0.4 is 31.9 Å². The average Bonchev–Trinajstić information content (AvgIpc) is 1.41. The largest absolute Gasteiger partial charge is 0.495 e. The molecule has 4 spiro atoms. The lowest BCUT2D eigenvalue weighted by Crippen LogP contribution is -2.55. The van der Waals surface area contributed by atoms with E-state index in [9.17, 15) is 27.2 Å². The highest BCUT2D eigenvalue weighted by molar-refractivity contribution is 9.10. The number of likely N-dealkylation sites (N-methyl/N-ethyl adjacent to an activating group) is 2. The third kappa shape index (κ3) is 17.1. The number of aliphatic imine (C=N–C) groups is 2. The molecule has 5 fully saturated rings. The van der Waals surface area contributed by atoms with Crippen molar-refractivity contribution in [1.29, 1.82) is 5.26 Å². The van der Waals surface area contributed by atoms with Gasteiger partial charge >= 0.3 is 14.2 Å². The molecule has 0 saturated carbocycles. The fourth-order valence-corrected chi connectivity index (χ4v) is 13.3. The summed E-state index contributed by atoms with van der Waals surface area (Å²) in [6.07, 6.45) is 6.62. The van der Waals surface area contributed by atoms with E-state index in [0.29, 0.717) is 115 Å². The normalized spacial score (nSPS) is 23.8. The molecule has 5 saturated heterocycles. The third-order valence-corrected chi connectivity index (χ3v) is 18.7. The smallest absolute Gasteiger partial charge is 0.484 e. The van der Waals surface area contributed by atoms with E-state index in [0.717, 1.165) is 55.5 Å². The maximum absolute atomic E-state index is 14.6. The Bertz CT molecular complexity index is 4230. The Morgan fingerprint density at radius 2 is 0.961 bits per heavy atom. The topological polar surface area (TPSA) is 237 Å². The molecule has 0 bridgehead atoms. The molecule has 9 aliphatic heterocycles. The van der Waals surface area contributed by atoms with Gasteiger partial charge in [-0.15, -0.1) is 0 Å². The Hall–Kier alpha value is -9.19. The van der Waals surface area contributed by atoms with Crippen molar-refractivity contribution in [2.75, 3.05) is 80.2 Å². The molecular weight excluding hydrogens is 1380 g/mol. The first-order valence-corrected chi connectivity index (χ1v) is 33.9. The number of carbonyl (C=O) groups is 2. The molecule has 6 aromatic rings.